The molecule has 104 valence electrons. The van der Waals surface area contributed by atoms with Gasteiger partial charge in [-0.15, -0.1) is 0 Å². The number of anilines is 2. The maximum Gasteiger partial charge on any atom is 0.146 e. The number of thiocarbonyl (C=S) groups is 1. The molecule has 0 unspecified atom stereocenters. The fourth-order valence-corrected chi connectivity index (χ4v) is 1.87. The van der Waals surface area contributed by atoms with Crippen molar-refractivity contribution >= 4 is 28.7 Å². The van der Waals surface area contributed by atoms with E-state index < -0.39 is 5.82 Å². The van der Waals surface area contributed by atoms with Gasteiger partial charge in [0.25, 0.3) is 0 Å². The highest BCUT2D eigenvalue weighted by Crippen LogP contribution is 2.25. The lowest BCUT2D eigenvalue weighted by molar-refractivity contribution is 0.414. The third kappa shape index (κ3) is 3.03. The smallest absolute Gasteiger partial charge is 0.146 e. The Balaban J connectivity index is 2.43. The molecule has 1 aromatic carbocycles. The fourth-order valence-electron chi connectivity index (χ4n) is 1.71. The highest BCUT2D eigenvalue weighted by molar-refractivity contribution is 7.80. The molecular formula is C14H14FN3OS. The van der Waals surface area contributed by atoms with Gasteiger partial charge >= 0.3 is 0 Å². The van der Waals surface area contributed by atoms with E-state index in [0.29, 0.717) is 17.1 Å². The Labute approximate surface area is 121 Å². The van der Waals surface area contributed by atoms with E-state index in [4.69, 9.17) is 22.7 Å². The maximum absolute atomic E-state index is 13.8. The van der Waals surface area contributed by atoms with Gasteiger partial charge in [-0.05, 0) is 31.2 Å². The summed E-state index contributed by atoms with van der Waals surface area (Å²) in [5.41, 5.74) is 7.23. The number of nitrogens with zero attached hydrogens (tertiary/aromatic N) is 1. The average Bonchev–Trinajstić information content (AvgIpc) is 2.41. The standard InChI is InChI=1S/C14H14FN3OS/c1-8-3-5-10(13(16)20)14(17-8)18-12-7-9(19-2)4-6-11(12)15/h3-7H,1-2H3,(H2,16,20)(H,17,18). The number of nitrogens with two attached hydrogens (primary N) is 1. The van der Waals surface area contributed by atoms with Gasteiger partial charge in [-0.1, -0.05) is 12.2 Å². The normalized spacial score (nSPS) is 10.2. The molecule has 0 radical (unpaired) electrons. The zero-order chi connectivity index (χ0) is 14.7. The molecule has 0 saturated carbocycles. The van der Waals surface area contributed by atoms with Crippen LogP contribution < -0.4 is 15.8 Å². The summed E-state index contributed by atoms with van der Waals surface area (Å²) < 4.78 is 18.9. The number of ether oxygens (including phenoxy) is 1. The van der Waals surface area contributed by atoms with Gasteiger partial charge in [0, 0.05) is 11.8 Å². The number of methoxy groups -OCH3 is 1. The topological polar surface area (TPSA) is 60.2 Å². The van der Waals surface area contributed by atoms with Crippen LogP contribution in [-0.2, 0) is 0 Å². The summed E-state index contributed by atoms with van der Waals surface area (Å²) in [6.07, 6.45) is 0. The van der Waals surface area contributed by atoms with Crippen molar-refractivity contribution in [3.8, 4) is 5.75 Å². The molecule has 2 rings (SSSR count). The Morgan fingerprint density at radius 2 is 2.10 bits per heavy atom. The fraction of sp³-hybridized carbons (Fsp3) is 0.143. The van der Waals surface area contributed by atoms with Crippen LogP contribution in [-0.4, -0.2) is 17.1 Å². The van der Waals surface area contributed by atoms with Crippen LogP contribution in [0, 0.1) is 12.7 Å². The Morgan fingerprint density at radius 1 is 1.35 bits per heavy atom. The molecule has 3 N–H and O–H groups in total. The van der Waals surface area contributed by atoms with Crippen molar-refractivity contribution in [3.05, 3.63) is 47.4 Å². The lowest BCUT2D eigenvalue weighted by Crippen LogP contribution is -2.13. The Bertz CT molecular complexity index is 661. The first kappa shape index (κ1) is 14.2. The highest BCUT2D eigenvalue weighted by Gasteiger charge is 2.11. The van der Waals surface area contributed by atoms with Crippen molar-refractivity contribution < 1.29 is 9.13 Å². The summed E-state index contributed by atoms with van der Waals surface area (Å²) in [5.74, 6) is 0.547. The van der Waals surface area contributed by atoms with Crippen LogP contribution >= 0.6 is 12.2 Å². The number of aromatic nitrogens is 1. The first-order valence-electron chi connectivity index (χ1n) is 5.89. The highest BCUT2D eigenvalue weighted by atomic mass is 32.1. The number of aryl methyl sites for hydroxylation is 1. The number of halogens is 1. The molecule has 0 aliphatic rings. The SMILES string of the molecule is COc1ccc(F)c(Nc2nc(C)ccc2C(N)=S)c1. The third-order valence-corrected chi connectivity index (χ3v) is 2.95. The Morgan fingerprint density at radius 3 is 2.75 bits per heavy atom. The average molecular weight is 291 g/mol. The zero-order valence-electron chi connectivity index (χ0n) is 11.1. The lowest BCUT2D eigenvalue weighted by atomic mass is 10.2. The predicted molar refractivity (Wildman–Crippen MR) is 81.1 cm³/mol. The quantitative estimate of drug-likeness (QED) is 0.848. The van der Waals surface area contributed by atoms with Crippen LogP contribution in [0.25, 0.3) is 0 Å². The van der Waals surface area contributed by atoms with E-state index in [-0.39, 0.29) is 10.7 Å². The van der Waals surface area contributed by atoms with Gasteiger partial charge < -0.3 is 15.8 Å². The van der Waals surface area contributed by atoms with Crippen LogP contribution in [0.2, 0.25) is 0 Å². The van der Waals surface area contributed by atoms with E-state index in [2.05, 4.69) is 10.3 Å². The number of benzene rings is 1. The molecule has 0 spiro atoms. The largest absolute Gasteiger partial charge is 0.497 e. The lowest BCUT2D eigenvalue weighted by Gasteiger charge is -2.12. The predicted octanol–water partition coefficient (Wildman–Crippen LogP) is 2.92. The van der Waals surface area contributed by atoms with E-state index in [1.54, 1.807) is 24.3 Å². The number of rotatable bonds is 4. The van der Waals surface area contributed by atoms with Gasteiger partial charge in [-0.2, -0.15) is 0 Å². The second-order valence-corrected chi connectivity index (χ2v) is 4.62. The second kappa shape index (κ2) is 5.83. The van der Waals surface area contributed by atoms with Crippen molar-refractivity contribution in [3.63, 3.8) is 0 Å². The number of hydrogen-bond acceptors (Lipinski definition) is 4. The molecule has 20 heavy (non-hydrogen) atoms. The monoisotopic (exact) mass is 291 g/mol. The minimum absolute atomic E-state index is 0.198. The molecule has 1 aromatic heterocycles. The van der Waals surface area contributed by atoms with Crippen molar-refractivity contribution in [2.45, 2.75) is 6.92 Å². The minimum Gasteiger partial charge on any atom is -0.497 e. The van der Waals surface area contributed by atoms with E-state index in [1.165, 1.54) is 13.2 Å². The van der Waals surface area contributed by atoms with E-state index >= 15 is 0 Å². The summed E-state index contributed by atoms with van der Waals surface area (Å²) in [7, 11) is 1.52. The summed E-state index contributed by atoms with van der Waals surface area (Å²) in [6, 6.07) is 7.95. The Kier molecular flexibility index (Phi) is 4.14. The molecule has 1 heterocycles. The van der Waals surface area contributed by atoms with Gasteiger partial charge in [0.15, 0.2) is 0 Å². The van der Waals surface area contributed by atoms with Crippen LogP contribution in [0.4, 0.5) is 15.9 Å². The molecule has 0 aliphatic carbocycles. The summed E-state index contributed by atoms with van der Waals surface area (Å²) in [6.45, 7) is 1.83. The maximum atomic E-state index is 13.8. The third-order valence-electron chi connectivity index (χ3n) is 2.73. The number of hydrogen-bond donors (Lipinski definition) is 2. The molecule has 2 aromatic rings. The molecule has 0 fully saturated rings. The Hall–Kier alpha value is -2.21. The van der Waals surface area contributed by atoms with Crippen molar-refractivity contribution in [1.29, 1.82) is 0 Å². The molecule has 0 saturated heterocycles. The van der Waals surface area contributed by atoms with Gasteiger partial charge in [0.05, 0.1) is 18.4 Å². The molecule has 0 atom stereocenters. The molecule has 0 amide bonds. The summed E-state index contributed by atoms with van der Waals surface area (Å²) in [5, 5.41) is 2.90. The first-order chi connectivity index (χ1) is 9.51. The first-order valence-corrected chi connectivity index (χ1v) is 6.30. The van der Waals surface area contributed by atoms with Crippen LogP contribution in [0.15, 0.2) is 30.3 Å². The molecular weight excluding hydrogens is 277 g/mol. The molecule has 6 heteroatoms. The van der Waals surface area contributed by atoms with E-state index in [9.17, 15) is 4.39 Å². The van der Waals surface area contributed by atoms with Crippen molar-refractivity contribution in [1.82, 2.24) is 4.98 Å². The number of pyridine rings is 1. The van der Waals surface area contributed by atoms with Gasteiger partial charge in [0.1, 0.15) is 22.4 Å². The number of nitrogens with one attached hydrogen (secondary N) is 1. The molecule has 4 nitrogen and oxygen atoms in total. The van der Waals surface area contributed by atoms with Gasteiger partial charge in [-0.25, -0.2) is 9.37 Å². The zero-order valence-corrected chi connectivity index (χ0v) is 11.9. The minimum atomic E-state index is -0.414. The van der Waals surface area contributed by atoms with Crippen LogP contribution in [0.1, 0.15) is 11.3 Å². The second-order valence-electron chi connectivity index (χ2n) is 4.18. The molecule has 0 aliphatic heterocycles. The van der Waals surface area contributed by atoms with Gasteiger partial charge in [-0.3, -0.25) is 0 Å². The van der Waals surface area contributed by atoms with Crippen LogP contribution in [0.5, 0.6) is 5.75 Å². The summed E-state index contributed by atoms with van der Waals surface area (Å²) in [4.78, 5) is 4.50. The van der Waals surface area contributed by atoms with Crippen molar-refractivity contribution in [2.75, 3.05) is 12.4 Å². The molecule has 0 bridgehead atoms. The summed E-state index contributed by atoms with van der Waals surface area (Å²) >= 11 is 4.97. The van der Waals surface area contributed by atoms with Crippen LogP contribution in [0.3, 0.4) is 0 Å². The van der Waals surface area contributed by atoms with E-state index in [1.807, 2.05) is 6.92 Å². The van der Waals surface area contributed by atoms with Gasteiger partial charge in [0.2, 0.25) is 0 Å². The van der Waals surface area contributed by atoms with Crippen molar-refractivity contribution in [2.24, 2.45) is 5.73 Å². The van der Waals surface area contributed by atoms with E-state index in [0.717, 1.165) is 5.69 Å².